The number of piperidine rings is 2. The number of methoxy groups -OCH3 is 1. The van der Waals surface area contributed by atoms with Crippen LogP contribution in [0.4, 0.5) is 10.5 Å². The van der Waals surface area contributed by atoms with Gasteiger partial charge in [-0.25, -0.2) is 4.79 Å². The Morgan fingerprint density at radius 1 is 1.08 bits per heavy atom. The molecule has 1 aromatic carbocycles. The maximum Gasteiger partial charge on any atom is 0.319 e. The van der Waals surface area contributed by atoms with E-state index in [0.717, 1.165) is 36.7 Å². The number of hydrogen-bond donors (Lipinski definition) is 3. The van der Waals surface area contributed by atoms with Gasteiger partial charge in [0.05, 0.1) is 30.9 Å². The summed E-state index contributed by atoms with van der Waals surface area (Å²) >= 11 is 0. The number of benzene rings is 1. The Morgan fingerprint density at radius 3 is 2.46 bits per heavy atom. The Morgan fingerprint density at radius 2 is 1.79 bits per heavy atom. The minimum Gasteiger partial charge on any atom is -0.495 e. The summed E-state index contributed by atoms with van der Waals surface area (Å²) in [7, 11) is 1.62. The number of carbonyl (C=O) groups is 1. The lowest BCUT2D eigenvalue weighted by molar-refractivity contribution is -0.971. The Kier molecular flexibility index (Phi) is 4.35. The van der Waals surface area contributed by atoms with Crippen molar-refractivity contribution in [2.45, 2.75) is 69.1 Å². The molecule has 2 unspecified atom stereocenters. The molecule has 1 aliphatic carbocycles. The van der Waals surface area contributed by atoms with E-state index in [2.05, 4.69) is 10.6 Å². The monoisotopic (exact) mass is 330 g/mol. The van der Waals surface area contributed by atoms with E-state index < -0.39 is 0 Å². The van der Waals surface area contributed by atoms with Crippen molar-refractivity contribution in [3.05, 3.63) is 24.3 Å². The molecule has 5 nitrogen and oxygen atoms in total. The molecular formula is C19H28N3O2+. The van der Waals surface area contributed by atoms with E-state index in [1.165, 1.54) is 32.1 Å². The molecule has 130 valence electrons. The van der Waals surface area contributed by atoms with Crippen molar-refractivity contribution in [3.63, 3.8) is 0 Å². The maximum absolute atomic E-state index is 12.4. The third-order valence-electron chi connectivity index (χ3n) is 5.93. The maximum atomic E-state index is 12.4. The van der Waals surface area contributed by atoms with E-state index >= 15 is 0 Å². The Balaban J connectivity index is 1.36. The molecule has 4 atom stereocenters. The third-order valence-corrected chi connectivity index (χ3v) is 5.93. The second kappa shape index (κ2) is 6.63. The zero-order chi connectivity index (χ0) is 16.5. The topological polar surface area (TPSA) is 54.8 Å². The van der Waals surface area contributed by atoms with Crippen LogP contribution in [0.3, 0.4) is 0 Å². The molecule has 5 heteroatoms. The predicted molar refractivity (Wildman–Crippen MR) is 93.6 cm³/mol. The highest BCUT2D eigenvalue weighted by molar-refractivity contribution is 5.91. The van der Waals surface area contributed by atoms with Crippen LogP contribution in [-0.2, 0) is 0 Å². The van der Waals surface area contributed by atoms with Crippen LogP contribution in [0.15, 0.2) is 24.3 Å². The van der Waals surface area contributed by atoms with E-state index in [0.29, 0.717) is 11.8 Å². The number of ether oxygens (including phenoxy) is 1. The number of quaternary nitrogens is 1. The molecule has 24 heavy (non-hydrogen) atoms. The van der Waals surface area contributed by atoms with Gasteiger partial charge in [0.2, 0.25) is 0 Å². The van der Waals surface area contributed by atoms with Crippen LogP contribution in [0.1, 0.15) is 44.9 Å². The van der Waals surface area contributed by atoms with Crippen LogP contribution in [0.2, 0.25) is 0 Å². The van der Waals surface area contributed by atoms with Crippen molar-refractivity contribution in [2.24, 2.45) is 0 Å². The Hall–Kier alpha value is -1.75. The molecule has 0 spiro atoms. The first-order chi connectivity index (χ1) is 11.7. The highest BCUT2D eigenvalue weighted by Crippen LogP contribution is 2.28. The number of amides is 2. The fraction of sp³-hybridized carbons (Fsp3) is 0.632. The van der Waals surface area contributed by atoms with Crippen LogP contribution >= 0.6 is 0 Å². The van der Waals surface area contributed by atoms with Gasteiger partial charge in [-0.3, -0.25) is 0 Å². The minimum absolute atomic E-state index is 0.113. The van der Waals surface area contributed by atoms with Crippen LogP contribution < -0.4 is 20.3 Å². The van der Waals surface area contributed by atoms with Crippen molar-refractivity contribution in [2.75, 3.05) is 12.4 Å². The molecule has 4 rings (SSSR count). The number of rotatable bonds is 4. The van der Waals surface area contributed by atoms with Gasteiger partial charge in [-0.15, -0.1) is 0 Å². The van der Waals surface area contributed by atoms with E-state index in [1.807, 2.05) is 29.2 Å². The fourth-order valence-electron chi connectivity index (χ4n) is 4.86. The fourth-order valence-corrected chi connectivity index (χ4v) is 4.86. The number of carbonyl (C=O) groups excluding carboxylic acids is 1. The largest absolute Gasteiger partial charge is 0.495 e. The first-order valence-electron chi connectivity index (χ1n) is 9.31. The standard InChI is InChI=1S/C19H27N3O2/c1-24-18-8-3-2-7-17(18)21-19(23)20-13-11-15-5-4-6-16(12-13)22(15)14-9-10-14/h2-3,7-8,13-16H,4-6,9-12H2,1H3,(H2,20,21,23)/p+1/t13?,15-,16+. The van der Waals surface area contributed by atoms with Gasteiger partial charge in [-0.2, -0.15) is 0 Å². The summed E-state index contributed by atoms with van der Waals surface area (Å²) in [5.74, 6) is 0.692. The minimum atomic E-state index is -0.113. The SMILES string of the molecule is COc1ccccc1NC(=O)NC1C[C@H]2CCC[C@@H](C1)[NH+]2C1CC1. The lowest BCUT2D eigenvalue weighted by atomic mass is 9.81. The molecule has 2 heterocycles. The summed E-state index contributed by atoms with van der Waals surface area (Å²) in [6, 6.07) is 10.1. The first-order valence-corrected chi connectivity index (χ1v) is 9.31. The van der Waals surface area contributed by atoms with Crippen LogP contribution in [-0.4, -0.2) is 37.3 Å². The normalized spacial score (nSPS) is 32.0. The van der Waals surface area contributed by atoms with Crippen molar-refractivity contribution in [1.82, 2.24) is 5.32 Å². The molecule has 2 saturated heterocycles. The lowest BCUT2D eigenvalue weighted by Gasteiger charge is -2.46. The number of anilines is 1. The Labute approximate surface area is 143 Å². The smallest absolute Gasteiger partial charge is 0.319 e. The average molecular weight is 330 g/mol. The highest BCUT2D eigenvalue weighted by atomic mass is 16.5. The van der Waals surface area contributed by atoms with Gasteiger partial charge in [0.1, 0.15) is 5.75 Å². The quantitative estimate of drug-likeness (QED) is 0.790. The molecule has 1 saturated carbocycles. The molecule has 0 aromatic heterocycles. The first kappa shape index (κ1) is 15.8. The van der Waals surface area contributed by atoms with Gasteiger partial charge in [0, 0.05) is 31.7 Å². The van der Waals surface area contributed by atoms with Crippen molar-refractivity contribution < 1.29 is 14.4 Å². The number of para-hydroxylation sites is 2. The molecule has 2 amide bonds. The van der Waals surface area contributed by atoms with Gasteiger partial charge < -0.3 is 20.3 Å². The predicted octanol–water partition coefficient (Wildman–Crippen LogP) is 1.95. The zero-order valence-electron chi connectivity index (χ0n) is 14.4. The Bertz CT molecular complexity index is 588. The lowest BCUT2D eigenvalue weighted by Crippen LogP contribution is -3.22. The van der Waals surface area contributed by atoms with Crippen molar-refractivity contribution in [1.29, 1.82) is 0 Å². The van der Waals surface area contributed by atoms with Gasteiger partial charge in [-0.05, 0) is 31.4 Å². The molecule has 3 fully saturated rings. The third kappa shape index (κ3) is 3.22. The van der Waals surface area contributed by atoms with E-state index in [9.17, 15) is 4.79 Å². The number of nitrogens with one attached hydrogen (secondary N) is 3. The summed E-state index contributed by atoms with van der Waals surface area (Å²) < 4.78 is 5.30. The number of fused-ring (bicyclic) bond motifs is 2. The second-order valence-electron chi connectivity index (χ2n) is 7.57. The molecular weight excluding hydrogens is 302 g/mol. The second-order valence-corrected chi connectivity index (χ2v) is 7.57. The number of hydrogen-bond acceptors (Lipinski definition) is 2. The molecule has 2 aliphatic heterocycles. The summed E-state index contributed by atoms with van der Waals surface area (Å²) in [6.45, 7) is 0. The summed E-state index contributed by atoms with van der Waals surface area (Å²) in [5, 5.41) is 6.15. The highest BCUT2D eigenvalue weighted by Gasteiger charge is 2.48. The molecule has 1 aromatic rings. The molecule has 2 bridgehead atoms. The van der Waals surface area contributed by atoms with E-state index in [4.69, 9.17) is 4.74 Å². The van der Waals surface area contributed by atoms with Gasteiger partial charge in [0.15, 0.2) is 0 Å². The van der Waals surface area contributed by atoms with Gasteiger partial charge >= 0.3 is 6.03 Å². The van der Waals surface area contributed by atoms with E-state index in [-0.39, 0.29) is 6.03 Å². The van der Waals surface area contributed by atoms with E-state index in [1.54, 1.807) is 7.11 Å². The zero-order valence-corrected chi connectivity index (χ0v) is 14.4. The molecule has 0 radical (unpaired) electrons. The van der Waals surface area contributed by atoms with Gasteiger partial charge in [0.25, 0.3) is 0 Å². The average Bonchev–Trinajstić information content (AvgIpc) is 3.39. The molecule has 3 aliphatic rings. The van der Waals surface area contributed by atoms with Crippen LogP contribution in [0.25, 0.3) is 0 Å². The number of urea groups is 1. The van der Waals surface area contributed by atoms with Gasteiger partial charge in [-0.1, -0.05) is 12.1 Å². The van der Waals surface area contributed by atoms with Crippen molar-refractivity contribution >= 4 is 11.7 Å². The van der Waals surface area contributed by atoms with Crippen LogP contribution in [0.5, 0.6) is 5.75 Å². The summed E-state index contributed by atoms with van der Waals surface area (Å²) in [5.41, 5.74) is 0.721. The van der Waals surface area contributed by atoms with Crippen LogP contribution in [0, 0.1) is 0 Å². The summed E-state index contributed by atoms with van der Waals surface area (Å²) in [4.78, 5) is 14.3. The summed E-state index contributed by atoms with van der Waals surface area (Å²) in [6.07, 6.45) is 9.10. The molecule has 3 N–H and O–H groups in total. The van der Waals surface area contributed by atoms with Crippen molar-refractivity contribution in [3.8, 4) is 5.75 Å².